The van der Waals surface area contributed by atoms with E-state index in [9.17, 15) is 18.8 Å². The third-order valence-electron chi connectivity index (χ3n) is 5.10. The number of halogens is 1. The van der Waals surface area contributed by atoms with Crippen LogP contribution in [0.25, 0.3) is 16.8 Å². The van der Waals surface area contributed by atoms with E-state index in [-0.39, 0.29) is 22.9 Å². The number of benzene rings is 2. The van der Waals surface area contributed by atoms with Crippen molar-refractivity contribution < 1.29 is 18.8 Å². The van der Waals surface area contributed by atoms with Crippen LogP contribution in [0.15, 0.2) is 48.7 Å². The number of likely N-dealkylation sites (N-methyl/N-ethyl adjacent to an activating group) is 2. The SMILES string of the molecule is CN(C)CCN(C)C(=O)c1ccc(-c2ccc(-n3cc(NC(N)=O)c(C(N)=O)n3)cc2)cc1F. The molecule has 0 radical (unpaired) electrons. The Hall–Kier alpha value is -4.25. The van der Waals surface area contributed by atoms with Crippen LogP contribution in [0.2, 0.25) is 0 Å². The van der Waals surface area contributed by atoms with Crippen molar-refractivity contribution in [1.82, 2.24) is 19.6 Å². The van der Waals surface area contributed by atoms with Crippen LogP contribution in [0.4, 0.5) is 14.9 Å². The molecule has 10 nitrogen and oxygen atoms in total. The van der Waals surface area contributed by atoms with Gasteiger partial charge < -0.3 is 26.6 Å². The lowest BCUT2D eigenvalue weighted by Crippen LogP contribution is -2.33. The number of primary amides is 2. The number of amides is 4. The fourth-order valence-corrected chi connectivity index (χ4v) is 3.24. The van der Waals surface area contributed by atoms with Crippen LogP contribution in [0, 0.1) is 5.82 Å². The maximum atomic E-state index is 14.8. The molecule has 3 aromatic rings. The lowest BCUT2D eigenvalue weighted by Gasteiger charge is -2.20. The number of aromatic nitrogens is 2. The van der Waals surface area contributed by atoms with E-state index in [0.717, 1.165) is 0 Å². The van der Waals surface area contributed by atoms with Crippen LogP contribution < -0.4 is 16.8 Å². The summed E-state index contributed by atoms with van der Waals surface area (Å²) in [5.41, 5.74) is 12.2. The minimum absolute atomic E-state index is 0.00614. The van der Waals surface area contributed by atoms with Crippen LogP contribution in [-0.2, 0) is 0 Å². The Morgan fingerprint density at radius 2 is 1.65 bits per heavy atom. The lowest BCUT2D eigenvalue weighted by molar-refractivity contribution is 0.0781. The van der Waals surface area contributed by atoms with E-state index < -0.39 is 17.8 Å². The third-order valence-corrected chi connectivity index (χ3v) is 5.10. The van der Waals surface area contributed by atoms with Crippen molar-refractivity contribution in [2.24, 2.45) is 11.5 Å². The van der Waals surface area contributed by atoms with Gasteiger partial charge in [-0.25, -0.2) is 13.9 Å². The van der Waals surface area contributed by atoms with Gasteiger partial charge in [0, 0.05) is 20.1 Å². The monoisotopic (exact) mass is 467 g/mol. The van der Waals surface area contributed by atoms with Crippen molar-refractivity contribution >= 4 is 23.5 Å². The molecular weight excluding hydrogens is 441 g/mol. The number of hydrogen-bond acceptors (Lipinski definition) is 5. The van der Waals surface area contributed by atoms with Gasteiger partial charge in [0.2, 0.25) is 0 Å². The molecule has 0 spiro atoms. The number of hydrogen-bond donors (Lipinski definition) is 3. The van der Waals surface area contributed by atoms with E-state index in [1.807, 2.05) is 19.0 Å². The molecule has 34 heavy (non-hydrogen) atoms. The molecule has 5 N–H and O–H groups in total. The van der Waals surface area contributed by atoms with Gasteiger partial charge in [0.25, 0.3) is 11.8 Å². The van der Waals surface area contributed by atoms with Gasteiger partial charge >= 0.3 is 6.03 Å². The number of carbonyl (C=O) groups excluding carboxylic acids is 3. The lowest BCUT2D eigenvalue weighted by atomic mass is 10.0. The van der Waals surface area contributed by atoms with Crippen LogP contribution in [0.3, 0.4) is 0 Å². The van der Waals surface area contributed by atoms with Crippen molar-refractivity contribution in [2.75, 3.05) is 39.5 Å². The average Bonchev–Trinajstić information content (AvgIpc) is 3.20. The van der Waals surface area contributed by atoms with Gasteiger partial charge in [-0.05, 0) is 49.5 Å². The number of rotatable bonds is 8. The number of anilines is 1. The predicted molar refractivity (Wildman–Crippen MR) is 126 cm³/mol. The zero-order valence-electron chi connectivity index (χ0n) is 19.1. The van der Waals surface area contributed by atoms with Gasteiger partial charge in [0.05, 0.1) is 23.1 Å². The van der Waals surface area contributed by atoms with Gasteiger partial charge in [-0.15, -0.1) is 0 Å². The molecule has 0 aliphatic carbocycles. The average molecular weight is 468 g/mol. The second-order valence-corrected chi connectivity index (χ2v) is 7.96. The summed E-state index contributed by atoms with van der Waals surface area (Å²) < 4.78 is 16.1. The highest BCUT2D eigenvalue weighted by Crippen LogP contribution is 2.25. The Morgan fingerprint density at radius 1 is 1.00 bits per heavy atom. The second-order valence-electron chi connectivity index (χ2n) is 7.96. The Labute approximate surface area is 195 Å². The molecule has 0 aliphatic rings. The highest BCUT2D eigenvalue weighted by Gasteiger charge is 2.18. The molecule has 0 aliphatic heterocycles. The number of carbonyl (C=O) groups is 3. The first-order chi connectivity index (χ1) is 16.1. The Bertz CT molecular complexity index is 1220. The molecular formula is C23H26FN7O3. The Balaban J connectivity index is 1.81. The minimum atomic E-state index is -0.856. The zero-order valence-corrected chi connectivity index (χ0v) is 19.1. The summed E-state index contributed by atoms with van der Waals surface area (Å²) in [7, 11) is 5.44. The largest absolute Gasteiger partial charge is 0.364 e. The topological polar surface area (TPSA) is 140 Å². The van der Waals surface area contributed by atoms with Gasteiger partial charge in [-0.3, -0.25) is 9.59 Å². The van der Waals surface area contributed by atoms with E-state index in [1.54, 1.807) is 37.4 Å². The molecule has 1 heterocycles. The maximum Gasteiger partial charge on any atom is 0.316 e. The molecule has 4 amide bonds. The van der Waals surface area contributed by atoms with Crippen molar-refractivity contribution in [1.29, 1.82) is 0 Å². The number of nitrogens with one attached hydrogen (secondary N) is 1. The van der Waals surface area contributed by atoms with E-state index in [1.165, 1.54) is 27.9 Å². The first-order valence-electron chi connectivity index (χ1n) is 10.3. The molecule has 1 aromatic heterocycles. The molecule has 178 valence electrons. The molecule has 0 bridgehead atoms. The van der Waals surface area contributed by atoms with Crippen molar-refractivity contribution in [3.05, 3.63) is 65.7 Å². The van der Waals surface area contributed by atoms with Crippen molar-refractivity contribution in [3.63, 3.8) is 0 Å². The number of nitrogens with zero attached hydrogens (tertiary/aromatic N) is 4. The van der Waals surface area contributed by atoms with Crippen LogP contribution >= 0.6 is 0 Å². The molecule has 0 unspecified atom stereocenters. The molecule has 11 heteroatoms. The highest BCUT2D eigenvalue weighted by atomic mass is 19.1. The molecule has 0 fully saturated rings. The van der Waals surface area contributed by atoms with Crippen LogP contribution in [-0.4, -0.2) is 71.7 Å². The van der Waals surface area contributed by atoms with E-state index >= 15 is 0 Å². The standard InChI is InChI=1S/C23H26FN7O3/c1-29(2)10-11-30(3)22(33)17-9-6-15(12-18(17)24)14-4-7-16(8-5-14)31-13-19(27-23(26)34)20(28-31)21(25)32/h4-9,12-13H,10-11H2,1-3H3,(H2,25,32)(H3,26,27,34). The van der Waals surface area contributed by atoms with E-state index in [0.29, 0.717) is 29.9 Å². The van der Waals surface area contributed by atoms with Gasteiger partial charge in [-0.1, -0.05) is 18.2 Å². The maximum absolute atomic E-state index is 14.8. The van der Waals surface area contributed by atoms with Gasteiger partial charge in [-0.2, -0.15) is 5.10 Å². The summed E-state index contributed by atoms with van der Waals surface area (Å²) in [6, 6.07) is 10.5. The highest BCUT2D eigenvalue weighted by molar-refractivity contribution is 6.00. The molecule has 0 saturated heterocycles. The van der Waals surface area contributed by atoms with Gasteiger partial charge in [0.15, 0.2) is 5.69 Å². The smallest absolute Gasteiger partial charge is 0.316 e. The summed E-state index contributed by atoms with van der Waals surface area (Å²) in [6.45, 7) is 1.15. The summed E-state index contributed by atoms with van der Waals surface area (Å²) in [5, 5.41) is 6.39. The summed E-state index contributed by atoms with van der Waals surface area (Å²) in [6.07, 6.45) is 1.41. The summed E-state index contributed by atoms with van der Waals surface area (Å²) in [5.74, 6) is -1.81. The fraction of sp³-hybridized carbons (Fsp3) is 0.217. The molecule has 0 atom stereocenters. The Morgan fingerprint density at radius 3 is 2.21 bits per heavy atom. The molecule has 3 rings (SSSR count). The quantitative estimate of drug-likeness (QED) is 0.464. The number of urea groups is 1. The van der Waals surface area contributed by atoms with E-state index in [4.69, 9.17) is 11.5 Å². The fourth-order valence-electron chi connectivity index (χ4n) is 3.24. The first kappa shape index (κ1) is 24.4. The summed E-state index contributed by atoms with van der Waals surface area (Å²) >= 11 is 0. The summed E-state index contributed by atoms with van der Waals surface area (Å²) in [4.78, 5) is 38.7. The number of nitrogens with two attached hydrogens (primary N) is 2. The zero-order chi connectivity index (χ0) is 25.0. The normalized spacial score (nSPS) is 10.9. The third kappa shape index (κ3) is 5.56. The molecule has 2 aromatic carbocycles. The Kier molecular flexibility index (Phi) is 7.27. The van der Waals surface area contributed by atoms with Crippen molar-refractivity contribution in [2.45, 2.75) is 0 Å². The first-order valence-corrected chi connectivity index (χ1v) is 10.3. The van der Waals surface area contributed by atoms with E-state index in [2.05, 4.69) is 10.4 Å². The minimum Gasteiger partial charge on any atom is -0.364 e. The van der Waals surface area contributed by atoms with Crippen LogP contribution in [0.5, 0.6) is 0 Å². The van der Waals surface area contributed by atoms with Crippen LogP contribution in [0.1, 0.15) is 20.8 Å². The predicted octanol–water partition coefficient (Wildman–Crippen LogP) is 1.90. The van der Waals surface area contributed by atoms with Gasteiger partial charge in [0.1, 0.15) is 5.82 Å². The van der Waals surface area contributed by atoms with Crippen molar-refractivity contribution in [3.8, 4) is 16.8 Å². The molecule has 0 saturated carbocycles. The second kappa shape index (κ2) is 10.1.